The number of nitrogens with zero attached hydrogens (tertiary/aromatic N) is 1. The molecule has 0 aromatic carbocycles. The highest BCUT2D eigenvalue weighted by atomic mass is 16.4. The van der Waals surface area contributed by atoms with Crippen LogP contribution in [0.5, 0.6) is 0 Å². The van der Waals surface area contributed by atoms with Crippen LogP contribution in [0.4, 0.5) is 0 Å². The third-order valence-electron chi connectivity index (χ3n) is 5.03. The zero-order valence-electron chi connectivity index (χ0n) is 12.0. The van der Waals surface area contributed by atoms with Crippen molar-refractivity contribution in [2.75, 3.05) is 7.05 Å². The molecule has 0 spiro atoms. The smallest absolute Gasteiger partial charge is 0.307 e. The Morgan fingerprint density at radius 2 is 1.58 bits per heavy atom. The summed E-state index contributed by atoms with van der Waals surface area (Å²) in [6, 6.07) is 0.318. The summed E-state index contributed by atoms with van der Waals surface area (Å²) in [5, 5.41) is 9.19. The molecule has 2 unspecified atom stereocenters. The zero-order valence-corrected chi connectivity index (χ0v) is 12.0. The van der Waals surface area contributed by atoms with Crippen molar-refractivity contribution in [2.45, 2.75) is 57.9 Å². The first-order chi connectivity index (χ1) is 9.00. The van der Waals surface area contributed by atoms with E-state index in [1.54, 1.807) is 0 Å². The SMILES string of the molecule is CC1CCC(N(C)C(=O)C2CCCC2C(=O)O)CC1. The van der Waals surface area contributed by atoms with Gasteiger partial charge < -0.3 is 10.0 Å². The number of carbonyl (C=O) groups excluding carboxylic acids is 1. The van der Waals surface area contributed by atoms with Crippen molar-refractivity contribution < 1.29 is 14.7 Å². The van der Waals surface area contributed by atoms with E-state index in [1.807, 2.05) is 11.9 Å². The van der Waals surface area contributed by atoms with Crippen LogP contribution in [0.15, 0.2) is 0 Å². The minimum absolute atomic E-state index is 0.0597. The second-order valence-electron chi connectivity index (χ2n) is 6.34. The first kappa shape index (κ1) is 14.4. The molecule has 0 saturated heterocycles. The van der Waals surface area contributed by atoms with E-state index in [9.17, 15) is 14.7 Å². The quantitative estimate of drug-likeness (QED) is 0.854. The molecule has 0 radical (unpaired) electrons. The Morgan fingerprint density at radius 3 is 2.16 bits per heavy atom. The molecule has 2 rings (SSSR count). The first-order valence-corrected chi connectivity index (χ1v) is 7.50. The lowest BCUT2D eigenvalue weighted by atomic mass is 9.86. The molecule has 2 aliphatic rings. The Kier molecular flexibility index (Phi) is 4.48. The van der Waals surface area contributed by atoms with Crippen molar-refractivity contribution in [3.8, 4) is 0 Å². The fraction of sp³-hybridized carbons (Fsp3) is 0.867. The first-order valence-electron chi connectivity index (χ1n) is 7.50. The van der Waals surface area contributed by atoms with Gasteiger partial charge in [0.2, 0.25) is 5.91 Å². The van der Waals surface area contributed by atoms with E-state index in [1.165, 1.54) is 12.8 Å². The van der Waals surface area contributed by atoms with Crippen LogP contribution in [-0.2, 0) is 9.59 Å². The van der Waals surface area contributed by atoms with Gasteiger partial charge in [0.25, 0.3) is 0 Å². The van der Waals surface area contributed by atoms with Crippen LogP contribution in [0.3, 0.4) is 0 Å². The molecule has 1 N–H and O–H groups in total. The van der Waals surface area contributed by atoms with Gasteiger partial charge >= 0.3 is 5.97 Å². The predicted octanol–water partition coefficient (Wildman–Crippen LogP) is 2.52. The minimum Gasteiger partial charge on any atom is -0.481 e. The van der Waals surface area contributed by atoms with E-state index >= 15 is 0 Å². The molecule has 108 valence electrons. The molecule has 1 amide bonds. The van der Waals surface area contributed by atoms with Gasteiger partial charge in [0.05, 0.1) is 11.8 Å². The van der Waals surface area contributed by atoms with Gasteiger partial charge in [-0.15, -0.1) is 0 Å². The van der Waals surface area contributed by atoms with E-state index in [0.717, 1.165) is 31.6 Å². The Morgan fingerprint density at radius 1 is 1.00 bits per heavy atom. The minimum atomic E-state index is -0.804. The van der Waals surface area contributed by atoms with E-state index in [0.29, 0.717) is 12.5 Å². The van der Waals surface area contributed by atoms with Crippen LogP contribution < -0.4 is 0 Å². The number of rotatable bonds is 3. The van der Waals surface area contributed by atoms with Crippen LogP contribution in [0.2, 0.25) is 0 Å². The molecule has 4 nitrogen and oxygen atoms in total. The lowest BCUT2D eigenvalue weighted by Crippen LogP contribution is -2.44. The average Bonchev–Trinajstić information content (AvgIpc) is 2.87. The second-order valence-corrected chi connectivity index (χ2v) is 6.34. The zero-order chi connectivity index (χ0) is 14.0. The summed E-state index contributed by atoms with van der Waals surface area (Å²) in [5.41, 5.74) is 0. The van der Waals surface area contributed by atoms with Gasteiger partial charge in [-0.2, -0.15) is 0 Å². The molecule has 2 fully saturated rings. The van der Waals surface area contributed by atoms with Crippen molar-refractivity contribution in [2.24, 2.45) is 17.8 Å². The molecule has 2 atom stereocenters. The Hall–Kier alpha value is -1.06. The van der Waals surface area contributed by atoms with Gasteiger partial charge in [0.1, 0.15) is 0 Å². The summed E-state index contributed by atoms with van der Waals surface area (Å²) < 4.78 is 0. The highest BCUT2D eigenvalue weighted by molar-refractivity contribution is 5.85. The maximum absolute atomic E-state index is 12.5. The largest absolute Gasteiger partial charge is 0.481 e. The number of carbonyl (C=O) groups is 2. The molecule has 0 aromatic rings. The molecule has 2 aliphatic carbocycles. The standard InChI is InChI=1S/C15H25NO3/c1-10-6-8-11(9-7-10)16(2)14(17)12-4-3-5-13(12)15(18)19/h10-13H,3-9H2,1-2H3,(H,18,19). The fourth-order valence-electron chi connectivity index (χ4n) is 3.62. The Labute approximate surface area is 115 Å². The number of hydrogen-bond donors (Lipinski definition) is 1. The van der Waals surface area contributed by atoms with Crippen LogP contribution in [0, 0.1) is 17.8 Å². The molecule has 0 heterocycles. The van der Waals surface area contributed by atoms with Crippen molar-refractivity contribution >= 4 is 11.9 Å². The monoisotopic (exact) mass is 267 g/mol. The normalized spacial score (nSPS) is 35.1. The predicted molar refractivity (Wildman–Crippen MR) is 72.7 cm³/mol. The van der Waals surface area contributed by atoms with Crippen LogP contribution in [0.1, 0.15) is 51.9 Å². The maximum atomic E-state index is 12.5. The van der Waals surface area contributed by atoms with E-state index in [-0.39, 0.29) is 11.8 Å². The van der Waals surface area contributed by atoms with Crippen LogP contribution >= 0.6 is 0 Å². The van der Waals surface area contributed by atoms with Crippen molar-refractivity contribution in [1.82, 2.24) is 4.90 Å². The molecule has 0 aromatic heterocycles. The highest BCUT2D eigenvalue weighted by Crippen LogP contribution is 2.35. The number of carboxylic acid groups (broad SMARTS) is 1. The number of carboxylic acids is 1. The molecular weight excluding hydrogens is 242 g/mol. The van der Waals surface area contributed by atoms with E-state index < -0.39 is 11.9 Å². The molecule has 4 heteroatoms. The fourth-order valence-corrected chi connectivity index (χ4v) is 3.62. The van der Waals surface area contributed by atoms with Gasteiger partial charge in [0, 0.05) is 13.1 Å². The summed E-state index contributed by atoms with van der Waals surface area (Å²) in [6.07, 6.45) is 6.74. The second kappa shape index (κ2) is 5.93. The number of hydrogen-bond acceptors (Lipinski definition) is 2. The molecule has 0 bridgehead atoms. The lowest BCUT2D eigenvalue weighted by Gasteiger charge is -2.35. The summed E-state index contributed by atoms with van der Waals surface area (Å²) in [5.74, 6) is -0.733. The van der Waals surface area contributed by atoms with Crippen LogP contribution in [0.25, 0.3) is 0 Å². The van der Waals surface area contributed by atoms with Crippen molar-refractivity contribution in [3.63, 3.8) is 0 Å². The maximum Gasteiger partial charge on any atom is 0.307 e. The summed E-state index contributed by atoms with van der Waals surface area (Å²) in [4.78, 5) is 25.5. The summed E-state index contributed by atoms with van der Waals surface area (Å²) in [6.45, 7) is 2.26. The third kappa shape index (κ3) is 3.10. The van der Waals surface area contributed by atoms with Crippen molar-refractivity contribution in [3.05, 3.63) is 0 Å². The topological polar surface area (TPSA) is 57.6 Å². The molecular formula is C15H25NO3. The van der Waals surface area contributed by atoms with E-state index in [2.05, 4.69) is 6.92 Å². The van der Waals surface area contributed by atoms with Gasteiger partial charge in [-0.05, 0) is 44.4 Å². The van der Waals surface area contributed by atoms with Crippen molar-refractivity contribution in [1.29, 1.82) is 0 Å². The highest BCUT2D eigenvalue weighted by Gasteiger charge is 2.40. The third-order valence-corrected chi connectivity index (χ3v) is 5.03. The van der Waals surface area contributed by atoms with Gasteiger partial charge in [-0.3, -0.25) is 9.59 Å². The summed E-state index contributed by atoms with van der Waals surface area (Å²) in [7, 11) is 1.86. The van der Waals surface area contributed by atoms with Gasteiger partial charge in [-0.25, -0.2) is 0 Å². The lowest BCUT2D eigenvalue weighted by molar-refractivity contribution is -0.149. The van der Waals surface area contributed by atoms with E-state index in [4.69, 9.17) is 0 Å². The summed E-state index contributed by atoms with van der Waals surface area (Å²) >= 11 is 0. The number of aliphatic carboxylic acids is 1. The molecule has 0 aliphatic heterocycles. The molecule has 2 saturated carbocycles. The van der Waals surface area contributed by atoms with Gasteiger partial charge in [0.15, 0.2) is 0 Å². The number of amides is 1. The Bertz CT molecular complexity index is 347. The average molecular weight is 267 g/mol. The van der Waals surface area contributed by atoms with Gasteiger partial charge in [-0.1, -0.05) is 13.3 Å². The Balaban J connectivity index is 1.96. The molecule has 19 heavy (non-hydrogen) atoms. The van der Waals surface area contributed by atoms with Crippen LogP contribution in [-0.4, -0.2) is 35.0 Å².